The first kappa shape index (κ1) is 65.1. The van der Waals surface area contributed by atoms with Gasteiger partial charge in [0, 0.05) is 19.3 Å². The predicted molar refractivity (Wildman–Crippen MR) is 289 cm³/mol. The fraction of sp³-hybridized carbons (Fsp3) is 0.918. The van der Waals surface area contributed by atoms with E-state index < -0.39 is 6.10 Å². The molecule has 0 saturated heterocycles. The summed E-state index contributed by atoms with van der Waals surface area (Å²) in [6, 6.07) is 0. The monoisotopic (exact) mass is 945 g/mol. The second-order valence-electron chi connectivity index (χ2n) is 20.6. The van der Waals surface area contributed by atoms with Crippen LogP contribution in [0.2, 0.25) is 0 Å². The minimum Gasteiger partial charge on any atom is -0.462 e. The Hall–Kier alpha value is -1.85. The summed E-state index contributed by atoms with van der Waals surface area (Å²) < 4.78 is 16.9. The van der Waals surface area contributed by atoms with Crippen molar-refractivity contribution in [3.63, 3.8) is 0 Å². The van der Waals surface area contributed by atoms with Gasteiger partial charge in [-0.1, -0.05) is 290 Å². The Morgan fingerprint density at radius 3 is 0.746 bits per heavy atom. The van der Waals surface area contributed by atoms with E-state index in [1.807, 2.05) is 0 Å². The molecule has 0 spiro atoms. The third-order valence-electron chi connectivity index (χ3n) is 13.8. The Bertz CT molecular complexity index is 1040. The van der Waals surface area contributed by atoms with Gasteiger partial charge >= 0.3 is 17.9 Å². The van der Waals surface area contributed by atoms with E-state index in [4.69, 9.17) is 14.2 Å². The molecular formula is C61H116O6. The van der Waals surface area contributed by atoms with Crippen molar-refractivity contribution in [2.45, 2.75) is 348 Å². The summed E-state index contributed by atoms with van der Waals surface area (Å²) >= 11 is 0. The van der Waals surface area contributed by atoms with Gasteiger partial charge in [-0.15, -0.1) is 0 Å². The van der Waals surface area contributed by atoms with Gasteiger partial charge in [0.1, 0.15) is 13.2 Å². The van der Waals surface area contributed by atoms with E-state index in [2.05, 4.69) is 32.9 Å². The van der Waals surface area contributed by atoms with E-state index in [0.717, 1.165) is 57.8 Å². The molecule has 6 nitrogen and oxygen atoms in total. The van der Waals surface area contributed by atoms with E-state index in [1.54, 1.807) is 0 Å². The number of hydrogen-bond acceptors (Lipinski definition) is 6. The molecule has 0 aromatic carbocycles. The van der Waals surface area contributed by atoms with Gasteiger partial charge in [0.15, 0.2) is 6.10 Å². The van der Waals surface area contributed by atoms with E-state index >= 15 is 0 Å². The molecule has 0 bridgehead atoms. The maximum absolute atomic E-state index is 12.9. The summed E-state index contributed by atoms with van der Waals surface area (Å²) in [5.41, 5.74) is 0. The van der Waals surface area contributed by atoms with Gasteiger partial charge in [-0.3, -0.25) is 14.4 Å². The summed E-state index contributed by atoms with van der Waals surface area (Å²) in [7, 11) is 0. The Morgan fingerprint density at radius 1 is 0.284 bits per heavy atom. The molecule has 0 heterocycles. The topological polar surface area (TPSA) is 78.9 Å². The van der Waals surface area contributed by atoms with Crippen molar-refractivity contribution in [2.75, 3.05) is 13.2 Å². The molecule has 0 saturated carbocycles. The molecule has 0 amide bonds. The zero-order valence-electron chi connectivity index (χ0n) is 45.5. The Morgan fingerprint density at radius 2 is 0.493 bits per heavy atom. The smallest absolute Gasteiger partial charge is 0.306 e. The fourth-order valence-electron chi connectivity index (χ4n) is 9.21. The molecule has 0 N–H and O–H groups in total. The summed E-state index contributed by atoms with van der Waals surface area (Å²) in [6.45, 7) is 6.69. The fourth-order valence-corrected chi connectivity index (χ4v) is 9.21. The molecule has 67 heavy (non-hydrogen) atoms. The van der Waals surface area contributed by atoms with Crippen LogP contribution >= 0.6 is 0 Å². The van der Waals surface area contributed by atoms with Crippen LogP contribution in [0, 0.1) is 0 Å². The number of esters is 3. The molecule has 1 unspecified atom stereocenters. The van der Waals surface area contributed by atoms with Crippen LogP contribution in [0.3, 0.4) is 0 Å². The molecule has 0 aliphatic carbocycles. The Balaban J connectivity index is 4.26. The van der Waals surface area contributed by atoms with E-state index in [-0.39, 0.29) is 31.1 Å². The zero-order chi connectivity index (χ0) is 48.6. The number of rotatable bonds is 56. The van der Waals surface area contributed by atoms with Crippen molar-refractivity contribution >= 4 is 17.9 Å². The molecule has 0 fully saturated rings. The van der Waals surface area contributed by atoms with Crippen molar-refractivity contribution in [1.29, 1.82) is 0 Å². The third kappa shape index (κ3) is 55.0. The molecule has 396 valence electrons. The van der Waals surface area contributed by atoms with Crippen LogP contribution in [-0.2, 0) is 28.6 Å². The average molecular weight is 946 g/mol. The summed E-state index contributed by atoms with van der Waals surface area (Å²) in [5.74, 6) is -0.844. The van der Waals surface area contributed by atoms with Crippen molar-refractivity contribution in [1.82, 2.24) is 0 Å². The van der Waals surface area contributed by atoms with Gasteiger partial charge in [0.2, 0.25) is 0 Å². The van der Waals surface area contributed by atoms with Gasteiger partial charge in [0.25, 0.3) is 0 Å². The highest BCUT2D eigenvalue weighted by atomic mass is 16.6. The van der Waals surface area contributed by atoms with Crippen molar-refractivity contribution in [2.24, 2.45) is 0 Å². The first-order valence-electron chi connectivity index (χ1n) is 30.2. The van der Waals surface area contributed by atoms with Gasteiger partial charge in [-0.25, -0.2) is 0 Å². The van der Waals surface area contributed by atoms with Crippen molar-refractivity contribution in [3.05, 3.63) is 12.2 Å². The van der Waals surface area contributed by atoms with E-state index in [0.29, 0.717) is 19.3 Å². The SMILES string of the molecule is CCCCCCCC/C=C\CCCCCCCCCC(=O)OC(COC(=O)CCCCCCCCCCCCCC)COC(=O)CCCCCCCCCCCCCCCCCCCCCC. The highest BCUT2D eigenvalue weighted by Crippen LogP contribution is 2.17. The number of allylic oxidation sites excluding steroid dienone is 2. The van der Waals surface area contributed by atoms with E-state index in [9.17, 15) is 14.4 Å². The van der Waals surface area contributed by atoms with E-state index in [1.165, 1.54) is 244 Å². The Kier molecular flexibility index (Phi) is 55.2. The summed E-state index contributed by atoms with van der Waals surface area (Å²) in [5, 5.41) is 0. The number of unbranched alkanes of at least 4 members (excludes halogenated alkanes) is 43. The molecule has 0 aromatic rings. The van der Waals surface area contributed by atoms with Gasteiger partial charge in [0.05, 0.1) is 0 Å². The lowest BCUT2D eigenvalue weighted by Crippen LogP contribution is -2.30. The number of carbonyl (C=O) groups is 3. The van der Waals surface area contributed by atoms with Crippen molar-refractivity contribution in [3.8, 4) is 0 Å². The van der Waals surface area contributed by atoms with Crippen LogP contribution in [-0.4, -0.2) is 37.2 Å². The maximum Gasteiger partial charge on any atom is 0.306 e. The second kappa shape index (κ2) is 56.7. The molecule has 0 rings (SSSR count). The first-order chi connectivity index (χ1) is 33.0. The van der Waals surface area contributed by atoms with Crippen LogP contribution < -0.4 is 0 Å². The molecule has 1 atom stereocenters. The summed E-state index contributed by atoms with van der Waals surface area (Å²) in [4.78, 5) is 38.2. The quantitative estimate of drug-likeness (QED) is 0.0262. The lowest BCUT2D eigenvalue weighted by atomic mass is 10.0. The molecule has 0 aliphatic heterocycles. The lowest BCUT2D eigenvalue weighted by Gasteiger charge is -2.18. The lowest BCUT2D eigenvalue weighted by molar-refractivity contribution is -0.167. The molecule has 0 radical (unpaired) electrons. The molecule has 0 aliphatic rings. The highest BCUT2D eigenvalue weighted by molar-refractivity contribution is 5.71. The minimum absolute atomic E-state index is 0.0656. The molecule has 6 heteroatoms. The van der Waals surface area contributed by atoms with Crippen LogP contribution in [0.4, 0.5) is 0 Å². The number of carbonyl (C=O) groups excluding carboxylic acids is 3. The standard InChI is InChI=1S/C61H116O6/c1-4-7-10-13-16-19-22-25-27-29-30-31-33-34-36-39-42-45-48-51-54-60(63)66-57-58(56-65-59(62)53-50-47-44-41-38-24-21-18-15-12-9-6-3)67-61(64)55-52-49-46-43-40-37-35-32-28-26-23-20-17-14-11-8-5-2/h26,28,58H,4-25,27,29-57H2,1-3H3/b28-26-. The van der Waals surface area contributed by atoms with Crippen molar-refractivity contribution < 1.29 is 28.6 Å². The average Bonchev–Trinajstić information content (AvgIpc) is 3.33. The predicted octanol–water partition coefficient (Wildman–Crippen LogP) is 20.1. The largest absolute Gasteiger partial charge is 0.462 e. The third-order valence-corrected chi connectivity index (χ3v) is 13.8. The van der Waals surface area contributed by atoms with Gasteiger partial charge in [-0.2, -0.15) is 0 Å². The Labute approximate surface area is 418 Å². The first-order valence-corrected chi connectivity index (χ1v) is 30.2. The van der Waals surface area contributed by atoms with Crippen LogP contribution in [0.5, 0.6) is 0 Å². The van der Waals surface area contributed by atoms with Gasteiger partial charge < -0.3 is 14.2 Å². The number of ether oxygens (including phenoxy) is 3. The van der Waals surface area contributed by atoms with Gasteiger partial charge in [-0.05, 0) is 44.9 Å². The molecular weight excluding hydrogens is 829 g/mol. The van der Waals surface area contributed by atoms with Crippen LogP contribution in [0.15, 0.2) is 12.2 Å². The summed E-state index contributed by atoms with van der Waals surface area (Å²) in [6.07, 6.45) is 64.9. The highest BCUT2D eigenvalue weighted by Gasteiger charge is 2.19. The molecule has 0 aromatic heterocycles. The zero-order valence-corrected chi connectivity index (χ0v) is 45.5. The minimum atomic E-state index is -0.767. The maximum atomic E-state index is 12.9. The second-order valence-corrected chi connectivity index (χ2v) is 20.6. The van der Waals surface area contributed by atoms with Crippen LogP contribution in [0.25, 0.3) is 0 Å². The number of hydrogen-bond donors (Lipinski definition) is 0. The normalized spacial score (nSPS) is 12.0. The van der Waals surface area contributed by atoms with Crippen LogP contribution in [0.1, 0.15) is 342 Å².